The Morgan fingerprint density at radius 1 is 1.09 bits per heavy atom. The molecule has 1 aliphatic rings. The van der Waals surface area contributed by atoms with Crippen molar-refractivity contribution in [3.63, 3.8) is 0 Å². The number of nitrogens with zero attached hydrogens (tertiary/aromatic N) is 5. The molecular weight excluding hydrogens is 426 g/mol. The number of hydrogen-bond donors (Lipinski definition) is 0. The predicted molar refractivity (Wildman–Crippen MR) is 127 cm³/mol. The second kappa shape index (κ2) is 7.67. The summed E-state index contributed by atoms with van der Waals surface area (Å²) in [5, 5.41) is 0.636. The molecule has 4 aromatic rings. The highest BCUT2D eigenvalue weighted by atomic mass is 35.5. The fourth-order valence-electron chi connectivity index (χ4n) is 4.46. The van der Waals surface area contributed by atoms with Gasteiger partial charge in [0.1, 0.15) is 0 Å². The van der Waals surface area contributed by atoms with Gasteiger partial charge in [0.25, 0.3) is 5.56 Å². The lowest BCUT2D eigenvalue weighted by atomic mass is 10.1. The molecule has 0 saturated carbocycles. The van der Waals surface area contributed by atoms with E-state index < -0.39 is 0 Å². The summed E-state index contributed by atoms with van der Waals surface area (Å²) >= 11 is 6.24. The van der Waals surface area contributed by atoms with Crippen molar-refractivity contribution < 1.29 is 0 Å². The molecule has 5 rings (SSSR count). The van der Waals surface area contributed by atoms with Gasteiger partial charge in [-0.05, 0) is 42.2 Å². The summed E-state index contributed by atoms with van der Waals surface area (Å²) in [6.45, 7) is 5.74. The van der Waals surface area contributed by atoms with Crippen LogP contribution in [0.4, 0.5) is 11.6 Å². The lowest BCUT2D eigenvalue weighted by Crippen LogP contribution is -2.40. The SMILES string of the molecule is Cc1ccccc1Cn1c(=O)c2c(nc3n2C[C@@H](C)CN3c2cccc(Cl)c2)n(C)c1=O. The van der Waals surface area contributed by atoms with Crippen LogP contribution < -0.4 is 16.1 Å². The first kappa shape index (κ1) is 20.6. The summed E-state index contributed by atoms with van der Waals surface area (Å²) < 4.78 is 4.73. The van der Waals surface area contributed by atoms with Gasteiger partial charge in [0.15, 0.2) is 11.2 Å². The summed E-state index contributed by atoms with van der Waals surface area (Å²) in [6, 6.07) is 15.4. The number of anilines is 2. The minimum atomic E-state index is -0.372. The van der Waals surface area contributed by atoms with Crippen LogP contribution in [0, 0.1) is 12.8 Å². The van der Waals surface area contributed by atoms with Crippen molar-refractivity contribution in [2.75, 3.05) is 11.4 Å². The number of rotatable bonds is 3. The Bertz CT molecular complexity index is 1470. The molecular formula is C24H24ClN5O2. The second-order valence-corrected chi connectivity index (χ2v) is 8.99. The third kappa shape index (κ3) is 3.24. The number of hydrogen-bond acceptors (Lipinski definition) is 4. The van der Waals surface area contributed by atoms with Gasteiger partial charge in [0.2, 0.25) is 5.95 Å². The van der Waals surface area contributed by atoms with E-state index in [0.717, 1.165) is 23.4 Å². The Morgan fingerprint density at radius 3 is 2.62 bits per heavy atom. The van der Waals surface area contributed by atoms with Crippen LogP contribution in [-0.2, 0) is 20.1 Å². The number of fused-ring (bicyclic) bond motifs is 3. The number of benzene rings is 2. The van der Waals surface area contributed by atoms with Crippen molar-refractivity contribution in [2.24, 2.45) is 13.0 Å². The number of aromatic nitrogens is 4. The number of imidazole rings is 1. The highest BCUT2D eigenvalue weighted by Crippen LogP contribution is 2.33. The predicted octanol–water partition coefficient (Wildman–Crippen LogP) is 3.69. The standard InChI is InChI=1S/C24H24ClN5O2/c1-15-12-28(19-10-6-9-18(25)11-19)23-26-21-20(29(23)13-15)22(31)30(24(32)27(21)3)14-17-8-5-4-7-16(17)2/h4-11,15H,12-14H2,1-3H3/t15-/m0/s1. The van der Waals surface area contributed by atoms with E-state index in [1.165, 1.54) is 9.13 Å². The average Bonchev–Trinajstić information content (AvgIpc) is 3.15. The lowest BCUT2D eigenvalue weighted by Gasteiger charge is -2.33. The Balaban J connectivity index is 1.74. The first-order chi connectivity index (χ1) is 15.3. The monoisotopic (exact) mass is 449 g/mol. The van der Waals surface area contributed by atoms with Crippen LogP contribution in [0.3, 0.4) is 0 Å². The molecule has 0 N–H and O–H groups in total. The first-order valence-corrected chi connectivity index (χ1v) is 11.0. The average molecular weight is 450 g/mol. The van der Waals surface area contributed by atoms with Gasteiger partial charge in [-0.2, -0.15) is 4.98 Å². The van der Waals surface area contributed by atoms with E-state index in [-0.39, 0.29) is 23.7 Å². The van der Waals surface area contributed by atoms with Crippen LogP contribution in [0.15, 0.2) is 58.1 Å². The molecule has 0 unspecified atom stereocenters. The molecule has 0 saturated heterocycles. The molecule has 0 aliphatic carbocycles. The Labute approximate surface area is 190 Å². The minimum Gasteiger partial charge on any atom is -0.312 e. The molecule has 0 spiro atoms. The first-order valence-electron chi connectivity index (χ1n) is 10.6. The maximum Gasteiger partial charge on any atom is 0.332 e. The van der Waals surface area contributed by atoms with Crippen molar-refractivity contribution in [2.45, 2.75) is 26.9 Å². The normalized spacial score (nSPS) is 15.9. The number of aryl methyl sites for hydroxylation is 2. The third-order valence-corrected chi connectivity index (χ3v) is 6.39. The summed E-state index contributed by atoms with van der Waals surface area (Å²) in [4.78, 5) is 33.6. The molecule has 1 atom stereocenters. The van der Waals surface area contributed by atoms with E-state index in [9.17, 15) is 9.59 Å². The van der Waals surface area contributed by atoms with Gasteiger partial charge in [0, 0.05) is 30.8 Å². The molecule has 7 nitrogen and oxygen atoms in total. The largest absolute Gasteiger partial charge is 0.332 e. The molecule has 1 aliphatic heterocycles. The zero-order chi connectivity index (χ0) is 22.6. The molecule has 0 fully saturated rings. The summed E-state index contributed by atoms with van der Waals surface area (Å²) in [5.41, 5.74) is 3.06. The third-order valence-electron chi connectivity index (χ3n) is 6.15. The van der Waals surface area contributed by atoms with E-state index in [1.807, 2.05) is 60.0 Å². The van der Waals surface area contributed by atoms with E-state index in [2.05, 4.69) is 11.8 Å². The molecule has 2 aromatic carbocycles. The molecule has 0 bridgehead atoms. The molecule has 0 amide bonds. The Morgan fingerprint density at radius 2 is 1.88 bits per heavy atom. The van der Waals surface area contributed by atoms with Gasteiger partial charge in [0.05, 0.1) is 6.54 Å². The second-order valence-electron chi connectivity index (χ2n) is 8.55. The van der Waals surface area contributed by atoms with E-state index in [1.54, 1.807) is 7.05 Å². The van der Waals surface area contributed by atoms with Gasteiger partial charge in [-0.3, -0.25) is 13.9 Å². The smallest absolute Gasteiger partial charge is 0.312 e. The van der Waals surface area contributed by atoms with Crippen molar-refractivity contribution in [1.29, 1.82) is 0 Å². The van der Waals surface area contributed by atoms with Gasteiger partial charge >= 0.3 is 5.69 Å². The van der Waals surface area contributed by atoms with Gasteiger partial charge < -0.3 is 9.47 Å². The molecule has 2 aromatic heterocycles. The highest BCUT2D eigenvalue weighted by Gasteiger charge is 2.30. The molecule has 0 radical (unpaired) electrons. The van der Waals surface area contributed by atoms with Crippen molar-refractivity contribution in [3.8, 4) is 0 Å². The van der Waals surface area contributed by atoms with E-state index in [4.69, 9.17) is 16.6 Å². The van der Waals surface area contributed by atoms with Crippen molar-refractivity contribution >= 4 is 34.4 Å². The molecule has 32 heavy (non-hydrogen) atoms. The fraction of sp³-hybridized carbons (Fsp3) is 0.292. The lowest BCUT2D eigenvalue weighted by molar-refractivity contribution is 0.458. The summed E-state index contributed by atoms with van der Waals surface area (Å²) in [6.07, 6.45) is 0. The minimum absolute atomic E-state index is 0.224. The van der Waals surface area contributed by atoms with Crippen LogP contribution >= 0.6 is 11.6 Å². The van der Waals surface area contributed by atoms with E-state index in [0.29, 0.717) is 28.7 Å². The van der Waals surface area contributed by atoms with Gasteiger partial charge in [-0.1, -0.05) is 48.9 Å². The molecule has 8 heteroatoms. The Kier molecular flexibility index (Phi) is 4.93. The maximum atomic E-state index is 13.6. The fourth-order valence-corrected chi connectivity index (χ4v) is 4.65. The maximum absolute atomic E-state index is 13.6. The zero-order valence-electron chi connectivity index (χ0n) is 18.2. The zero-order valence-corrected chi connectivity index (χ0v) is 19.0. The van der Waals surface area contributed by atoms with Crippen molar-refractivity contribution in [1.82, 2.24) is 18.7 Å². The van der Waals surface area contributed by atoms with Crippen LogP contribution in [0.5, 0.6) is 0 Å². The summed E-state index contributed by atoms with van der Waals surface area (Å²) in [7, 11) is 1.67. The topological polar surface area (TPSA) is 65.1 Å². The highest BCUT2D eigenvalue weighted by molar-refractivity contribution is 6.30. The van der Waals surface area contributed by atoms with Gasteiger partial charge in [-0.15, -0.1) is 0 Å². The summed E-state index contributed by atoms with van der Waals surface area (Å²) in [5.74, 6) is 0.932. The molecule has 164 valence electrons. The van der Waals surface area contributed by atoms with Crippen LogP contribution in [0.25, 0.3) is 11.2 Å². The van der Waals surface area contributed by atoms with Crippen LogP contribution in [-0.4, -0.2) is 25.2 Å². The van der Waals surface area contributed by atoms with E-state index >= 15 is 0 Å². The van der Waals surface area contributed by atoms with Crippen molar-refractivity contribution in [3.05, 3.63) is 85.5 Å². The Hall–Kier alpha value is -3.32. The quantitative estimate of drug-likeness (QED) is 0.478. The van der Waals surface area contributed by atoms with Crippen LogP contribution in [0.1, 0.15) is 18.1 Å². The van der Waals surface area contributed by atoms with Crippen LogP contribution in [0.2, 0.25) is 5.02 Å². The number of halogens is 1. The molecule has 3 heterocycles. The van der Waals surface area contributed by atoms with Gasteiger partial charge in [-0.25, -0.2) is 4.79 Å².